The third-order valence-electron chi connectivity index (χ3n) is 4.21. The molecule has 11 heteroatoms. The van der Waals surface area contributed by atoms with E-state index in [1.54, 1.807) is 12.1 Å². The van der Waals surface area contributed by atoms with E-state index >= 15 is 0 Å². The Balaban J connectivity index is 1.80. The van der Waals surface area contributed by atoms with E-state index in [9.17, 15) is 29.0 Å². The minimum atomic E-state index is -1.17. The molecule has 0 fully saturated rings. The smallest absolute Gasteiger partial charge is 0.294 e. The molecule has 0 bridgehead atoms. The Kier molecular flexibility index (Phi) is 6.67. The van der Waals surface area contributed by atoms with Crippen LogP contribution in [0.25, 0.3) is 0 Å². The first kappa shape index (κ1) is 21.6. The predicted molar refractivity (Wildman–Crippen MR) is 106 cm³/mol. The van der Waals surface area contributed by atoms with Gasteiger partial charge in [0, 0.05) is 12.7 Å². The second kappa shape index (κ2) is 9.59. The molecule has 3 rings (SSSR count). The van der Waals surface area contributed by atoms with Gasteiger partial charge in [-0.15, -0.1) is 0 Å². The lowest BCUT2D eigenvalue weighted by atomic mass is 10.2. The maximum atomic E-state index is 13.0. The van der Waals surface area contributed by atoms with E-state index in [1.807, 2.05) is 0 Å². The highest BCUT2D eigenvalue weighted by Crippen LogP contribution is 2.13. The standard InChI is InChI=1S/C20H18FN5O5/c21-12-6-4-11(5-7-12)9-23-19(30)15-16(28)20(31)26-17(25-15)14(10-27)24-18(29)13-3-1-2-8-22-13/h1-8,14,27-28H,9-10H2,(H,23,30)(H,24,29)(H,25,26,31). The van der Waals surface area contributed by atoms with Gasteiger partial charge in [-0.25, -0.2) is 9.37 Å². The number of amides is 2. The second-order valence-electron chi connectivity index (χ2n) is 6.38. The Morgan fingerprint density at radius 1 is 1.13 bits per heavy atom. The molecular formula is C20H18FN5O5. The number of aromatic amines is 1. The normalized spacial score (nSPS) is 11.5. The summed E-state index contributed by atoms with van der Waals surface area (Å²) in [7, 11) is 0. The molecule has 2 amide bonds. The number of rotatable bonds is 7. The zero-order chi connectivity index (χ0) is 22.4. The number of carbonyl (C=O) groups excluding carboxylic acids is 2. The van der Waals surface area contributed by atoms with Gasteiger partial charge < -0.3 is 25.8 Å². The Hall–Kier alpha value is -4.12. The zero-order valence-corrected chi connectivity index (χ0v) is 16.0. The fourth-order valence-corrected chi connectivity index (χ4v) is 2.61. The number of aromatic hydroxyl groups is 1. The molecule has 3 aromatic rings. The van der Waals surface area contributed by atoms with Gasteiger partial charge in [-0.2, -0.15) is 0 Å². The molecule has 0 aliphatic rings. The monoisotopic (exact) mass is 427 g/mol. The maximum absolute atomic E-state index is 13.0. The largest absolute Gasteiger partial charge is 0.501 e. The van der Waals surface area contributed by atoms with Gasteiger partial charge in [0.1, 0.15) is 23.4 Å². The maximum Gasteiger partial charge on any atom is 0.294 e. The lowest BCUT2D eigenvalue weighted by Gasteiger charge is -2.16. The highest BCUT2D eigenvalue weighted by atomic mass is 19.1. The van der Waals surface area contributed by atoms with Crippen molar-refractivity contribution in [2.24, 2.45) is 0 Å². The van der Waals surface area contributed by atoms with Crippen molar-refractivity contribution >= 4 is 11.8 Å². The van der Waals surface area contributed by atoms with Crippen LogP contribution in [0.4, 0.5) is 4.39 Å². The number of H-pyrrole nitrogens is 1. The topological polar surface area (TPSA) is 157 Å². The molecule has 31 heavy (non-hydrogen) atoms. The van der Waals surface area contributed by atoms with Crippen molar-refractivity contribution in [3.05, 3.63) is 87.6 Å². The number of nitrogens with zero attached hydrogens (tertiary/aromatic N) is 2. The quantitative estimate of drug-likeness (QED) is 0.365. The lowest BCUT2D eigenvalue weighted by Crippen LogP contribution is -2.35. The average Bonchev–Trinajstić information content (AvgIpc) is 2.79. The average molecular weight is 427 g/mol. The van der Waals surface area contributed by atoms with Crippen molar-refractivity contribution in [2.75, 3.05) is 6.61 Å². The Labute approximate surface area is 174 Å². The van der Waals surface area contributed by atoms with Crippen LogP contribution >= 0.6 is 0 Å². The highest BCUT2D eigenvalue weighted by molar-refractivity contribution is 5.94. The lowest BCUT2D eigenvalue weighted by molar-refractivity contribution is 0.0908. The molecule has 0 spiro atoms. The molecule has 1 unspecified atom stereocenters. The number of halogens is 1. The number of benzene rings is 1. The van der Waals surface area contributed by atoms with Crippen molar-refractivity contribution in [1.82, 2.24) is 25.6 Å². The number of nitrogens with one attached hydrogen (secondary N) is 3. The van der Waals surface area contributed by atoms with Crippen LogP contribution in [0, 0.1) is 5.82 Å². The van der Waals surface area contributed by atoms with Crippen molar-refractivity contribution in [2.45, 2.75) is 12.6 Å². The molecule has 0 radical (unpaired) electrons. The summed E-state index contributed by atoms with van der Waals surface area (Å²) in [4.78, 5) is 46.8. The van der Waals surface area contributed by atoms with Crippen LogP contribution in [0.2, 0.25) is 0 Å². The van der Waals surface area contributed by atoms with Gasteiger partial charge in [0.05, 0.1) is 6.61 Å². The first-order chi connectivity index (χ1) is 14.9. The number of hydrogen-bond donors (Lipinski definition) is 5. The van der Waals surface area contributed by atoms with Gasteiger partial charge in [0.15, 0.2) is 5.69 Å². The number of carbonyl (C=O) groups is 2. The Bertz CT molecular complexity index is 1130. The minimum Gasteiger partial charge on any atom is -0.501 e. The van der Waals surface area contributed by atoms with E-state index in [4.69, 9.17) is 0 Å². The number of aliphatic hydroxyl groups excluding tert-OH is 1. The number of aliphatic hydroxyl groups is 1. The molecule has 0 aliphatic heterocycles. The van der Waals surface area contributed by atoms with E-state index in [0.29, 0.717) is 5.56 Å². The fraction of sp³-hybridized carbons (Fsp3) is 0.150. The van der Waals surface area contributed by atoms with Gasteiger partial charge >= 0.3 is 0 Å². The summed E-state index contributed by atoms with van der Waals surface area (Å²) in [5.41, 5.74) is -0.969. The van der Waals surface area contributed by atoms with Gasteiger partial charge in [-0.3, -0.25) is 19.4 Å². The predicted octanol–water partition coefficient (Wildman–Crippen LogP) is 0.403. The summed E-state index contributed by atoms with van der Waals surface area (Å²) < 4.78 is 13.0. The third-order valence-corrected chi connectivity index (χ3v) is 4.21. The van der Waals surface area contributed by atoms with E-state index in [1.165, 1.54) is 36.5 Å². The van der Waals surface area contributed by atoms with Crippen molar-refractivity contribution < 1.29 is 24.2 Å². The Morgan fingerprint density at radius 2 is 1.87 bits per heavy atom. The van der Waals surface area contributed by atoms with Crippen molar-refractivity contribution in [3.63, 3.8) is 0 Å². The molecule has 5 N–H and O–H groups in total. The van der Waals surface area contributed by atoms with E-state index < -0.39 is 47.3 Å². The van der Waals surface area contributed by atoms with Crippen LogP contribution < -0.4 is 16.2 Å². The van der Waals surface area contributed by atoms with E-state index in [2.05, 4.69) is 25.6 Å². The minimum absolute atomic E-state index is 0.0117. The van der Waals surface area contributed by atoms with Crippen LogP contribution in [-0.4, -0.2) is 43.6 Å². The molecule has 2 heterocycles. The van der Waals surface area contributed by atoms with Crippen molar-refractivity contribution in [3.8, 4) is 5.75 Å². The van der Waals surface area contributed by atoms with Gasteiger partial charge in [0.2, 0.25) is 5.75 Å². The molecular weight excluding hydrogens is 409 g/mol. The van der Waals surface area contributed by atoms with Gasteiger partial charge in [-0.05, 0) is 29.8 Å². The summed E-state index contributed by atoms with van der Waals surface area (Å²) in [5.74, 6) is -3.11. The van der Waals surface area contributed by atoms with E-state index in [0.717, 1.165) is 0 Å². The van der Waals surface area contributed by atoms with Gasteiger partial charge in [-0.1, -0.05) is 18.2 Å². The number of aromatic nitrogens is 3. The summed E-state index contributed by atoms with van der Waals surface area (Å²) in [6.45, 7) is -0.662. The SMILES string of the molecule is O=C(NC(CO)c1nc(C(=O)NCc2ccc(F)cc2)c(O)c(=O)[nH]1)c1ccccn1. The molecule has 1 aromatic carbocycles. The molecule has 2 aromatic heterocycles. The number of pyridine rings is 1. The van der Waals surface area contributed by atoms with Crippen LogP contribution in [-0.2, 0) is 6.54 Å². The fourth-order valence-electron chi connectivity index (χ4n) is 2.61. The second-order valence-corrected chi connectivity index (χ2v) is 6.38. The molecule has 10 nitrogen and oxygen atoms in total. The first-order valence-electron chi connectivity index (χ1n) is 9.07. The van der Waals surface area contributed by atoms with Crippen LogP contribution in [0.15, 0.2) is 53.5 Å². The molecule has 160 valence electrons. The summed E-state index contributed by atoms with van der Waals surface area (Å²) in [6, 6.07) is 8.85. The highest BCUT2D eigenvalue weighted by Gasteiger charge is 2.23. The van der Waals surface area contributed by atoms with Crippen LogP contribution in [0.5, 0.6) is 5.75 Å². The van der Waals surface area contributed by atoms with Crippen molar-refractivity contribution in [1.29, 1.82) is 0 Å². The first-order valence-corrected chi connectivity index (χ1v) is 9.07. The molecule has 0 saturated heterocycles. The zero-order valence-electron chi connectivity index (χ0n) is 16.0. The van der Waals surface area contributed by atoms with Crippen LogP contribution in [0.3, 0.4) is 0 Å². The molecule has 0 saturated carbocycles. The summed E-state index contributed by atoms with van der Waals surface area (Å²) >= 11 is 0. The van der Waals surface area contributed by atoms with E-state index in [-0.39, 0.29) is 18.1 Å². The number of hydrogen-bond acceptors (Lipinski definition) is 7. The third kappa shape index (κ3) is 5.28. The van der Waals surface area contributed by atoms with Gasteiger partial charge in [0.25, 0.3) is 17.4 Å². The molecule has 1 atom stereocenters. The molecule has 0 aliphatic carbocycles. The summed E-state index contributed by atoms with van der Waals surface area (Å²) in [6.07, 6.45) is 1.41. The Morgan fingerprint density at radius 3 is 2.52 bits per heavy atom. The summed E-state index contributed by atoms with van der Waals surface area (Å²) in [5, 5.41) is 24.5. The van der Waals surface area contributed by atoms with Crippen LogP contribution in [0.1, 0.15) is 38.4 Å².